The molecular formula is C9H9BrN4O2. The smallest absolute Gasteiger partial charge is 0.388 e. The van der Waals surface area contributed by atoms with Crippen LogP contribution in [0.15, 0.2) is 37.9 Å². The van der Waals surface area contributed by atoms with Crippen LogP contribution < -0.4 is 22.6 Å². The molecule has 2 rings (SSSR count). The lowest BCUT2D eigenvalue weighted by atomic mass is 10.3. The summed E-state index contributed by atoms with van der Waals surface area (Å²) in [4.78, 5) is 11.0. The molecule has 0 atom stereocenters. The molecule has 0 spiro atoms. The highest BCUT2D eigenvalue weighted by Gasteiger charge is 2.11. The zero-order chi connectivity index (χ0) is 11.7. The first-order valence-electron chi connectivity index (χ1n) is 4.37. The Hall–Kier alpha value is -1.89. The normalized spacial score (nSPS) is 10.3. The molecule has 0 unspecified atom stereocenters. The molecule has 0 fully saturated rings. The second kappa shape index (κ2) is 3.93. The van der Waals surface area contributed by atoms with E-state index in [4.69, 9.17) is 11.6 Å². The Bertz CT molecular complexity index is 558. The summed E-state index contributed by atoms with van der Waals surface area (Å²) in [5.74, 6) is 4.91. The monoisotopic (exact) mass is 284 g/mol. The highest BCUT2D eigenvalue weighted by atomic mass is 79.9. The van der Waals surface area contributed by atoms with E-state index in [1.807, 2.05) is 12.1 Å². The second-order valence-electron chi connectivity index (χ2n) is 3.08. The quantitative estimate of drug-likeness (QED) is 0.721. The Balaban J connectivity index is 2.34. The highest BCUT2D eigenvalue weighted by Crippen LogP contribution is 2.21. The summed E-state index contributed by atoms with van der Waals surface area (Å²) in [7, 11) is 0. The number of nitrogen functional groups attached to an aromatic ring is 2. The first-order valence-corrected chi connectivity index (χ1v) is 5.16. The number of rotatable bonds is 2. The van der Waals surface area contributed by atoms with E-state index in [2.05, 4.69) is 25.7 Å². The molecule has 0 aliphatic carbocycles. The van der Waals surface area contributed by atoms with E-state index in [0.29, 0.717) is 0 Å². The first-order chi connectivity index (χ1) is 7.58. The summed E-state index contributed by atoms with van der Waals surface area (Å²) in [5.41, 5.74) is 6.23. The van der Waals surface area contributed by atoms with Gasteiger partial charge in [0.2, 0.25) is 5.88 Å². The van der Waals surface area contributed by atoms with Gasteiger partial charge in [-0.3, -0.25) is 0 Å². The van der Waals surface area contributed by atoms with Crippen molar-refractivity contribution in [1.82, 2.24) is 4.68 Å². The second-order valence-corrected chi connectivity index (χ2v) is 4.00. The van der Waals surface area contributed by atoms with Crippen molar-refractivity contribution in [2.24, 2.45) is 0 Å². The molecule has 0 saturated heterocycles. The molecular weight excluding hydrogens is 276 g/mol. The summed E-state index contributed by atoms with van der Waals surface area (Å²) in [5, 5.41) is 2.89. The summed E-state index contributed by atoms with van der Waals surface area (Å²) < 4.78 is 6.39. The molecule has 0 radical (unpaired) electrons. The Kier molecular flexibility index (Phi) is 2.61. The minimum absolute atomic E-state index is 0.0459. The summed E-state index contributed by atoms with van der Waals surface area (Å²) in [6.07, 6.45) is 0. The molecule has 84 valence electrons. The largest absolute Gasteiger partial charge is 0.441 e. The van der Waals surface area contributed by atoms with Crippen molar-refractivity contribution in [3.8, 4) is 0 Å². The first kappa shape index (κ1) is 10.6. The number of nitrogens with one attached hydrogen (secondary N) is 1. The minimum atomic E-state index is -0.711. The van der Waals surface area contributed by atoms with Crippen LogP contribution in [0.25, 0.3) is 0 Å². The van der Waals surface area contributed by atoms with Gasteiger partial charge in [0.25, 0.3) is 0 Å². The standard InChI is InChI=1S/C9H9BrN4O2/c10-5-1-3-6(4-2-5)13-8-7(11)16-9(15)14(8)12/h1-4,13H,11-12H2. The Morgan fingerprint density at radius 2 is 1.94 bits per heavy atom. The van der Waals surface area contributed by atoms with Crippen LogP contribution >= 0.6 is 15.9 Å². The van der Waals surface area contributed by atoms with Gasteiger partial charge in [-0.25, -0.2) is 4.79 Å². The van der Waals surface area contributed by atoms with Crippen molar-refractivity contribution in [3.05, 3.63) is 39.3 Å². The van der Waals surface area contributed by atoms with Gasteiger partial charge >= 0.3 is 5.76 Å². The third kappa shape index (κ3) is 1.89. The summed E-state index contributed by atoms with van der Waals surface area (Å²) in [6.45, 7) is 0. The number of benzene rings is 1. The maximum Gasteiger partial charge on any atom is 0.441 e. The van der Waals surface area contributed by atoms with Gasteiger partial charge in [-0.2, -0.15) is 4.68 Å². The molecule has 16 heavy (non-hydrogen) atoms. The lowest BCUT2D eigenvalue weighted by Gasteiger charge is -2.05. The fourth-order valence-electron chi connectivity index (χ4n) is 1.19. The average Bonchev–Trinajstić information content (AvgIpc) is 2.48. The van der Waals surface area contributed by atoms with Crippen LogP contribution in [0.4, 0.5) is 17.4 Å². The van der Waals surface area contributed by atoms with E-state index in [1.54, 1.807) is 12.1 Å². The van der Waals surface area contributed by atoms with Gasteiger partial charge in [0.05, 0.1) is 0 Å². The van der Waals surface area contributed by atoms with E-state index in [0.717, 1.165) is 14.8 Å². The van der Waals surface area contributed by atoms with Crippen molar-refractivity contribution in [1.29, 1.82) is 0 Å². The van der Waals surface area contributed by atoms with E-state index in [9.17, 15) is 4.79 Å². The van der Waals surface area contributed by atoms with Crippen LogP contribution in [0.1, 0.15) is 0 Å². The predicted molar refractivity (Wildman–Crippen MR) is 65.0 cm³/mol. The highest BCUT2D eigenvalue weighted by molar-refractivity contribution is 9.10. The van der Waals surface area contributed by atoms with Crippen molar-refractivity contribution in [2.45, 2.75) is 0 Å². The minimum Gasteiger partial charge on any atom is -0.388 e. The molecule has 0 aliphatic heterocycles. The van der Waals surface area contributed by atoms with E-state index in [1.165, 1.54) is 0 Å². The van der Waals surface area contributed by atoms with Crippen LogP contribution in [-0.4, -0.2) is 4.68 Å². The van der Waals surface area contributed by atoms with Crippen LogP contribution in [0.2, 0.25) is 0 Å². The molecule has 6 nitrogen and oxygen atoms in total. The zero-order valence-corrected chi connectivity index (χ0v) is 9.69. The van der Waals surface area contributed by atoms with Crippen molar-refractivity contribution < 1.29 is 4.42 Å². The Labute approximate surface area is 98.9 Å². The number of hydrogen-bond donors (Lipinski definition) is 3. The third-order valence-corrected chi connectivity index (χ3v) is 2.50. The zero-order valence-electron chi connectivity index (χ0n) is 8.11. The fraction of sp³-hybridized carbons (Fsp3) is 0. The Morgan fingerprint density at radius 3 is 2.44 bits per heavy atom. The molecule has 5 N–H and O–H groups in total. The van der Waals surface area contributed by atoms with Crippen molar-refractivity contribution >= 4 is 33.3 Å². The van der Waals surface area contributed by atoms with Crippen LogP contribution in [0, 0.1) is 0 Å². The van der Waals surface area contributed by atoms with Gasteiger partial charge in [0.15, 0.2) is 5.82 Å². The number of aromatic nitrogens is 1. The maximum atomic E-state index is 11.0. The molecule has 0 aliphatic rings. The van der Waals surface area contributed by atoms with Gasteiger partial charge in [0, 0.05) is 10.2 Å². The molecule has 2 aromatic rings. The molecule has 1 heterocycles. The molecule has 7 heteroatoms. The Morgan fingerprint density at radius 1 is 1.31 bits per heavy atom. The molecule has 0 bridgehead atoms. The number of nitrogens with two attached hydrogens (primary N) is 2. The van der Waals surface area contributed by atoms with Crippen LogP contribution in [0.5, 0.6) is 0 Å². The van der Waals surface area contributed by atoms with Crippen LogP contribution in [0.3, 0.4) is 0 Å². The molecule has 1 aromatic heterocycles. The number of hydrogen-bond acceptors (Lipinski definition) is 5. The van der Waals surface area contributed by atoms with Gasteiger partial charge in [0.1, 0.15) is 0 Å². The third-order valence-electron chi connectivity index (χ3n) is 1.98. The lowest BCUT2D eigenvalue weighted by Crippen LogP contribution is -2.23. The maximum absolute atomic E-state index is 11.0. The van der Waals surface area contributed by atoms with Crippen molar-refractivity contribution in [2.75, 3.05) is 16.9 Å². The number of halogens is 1. The topological polar surface area (TPSA) is 99.2 Å². The van der Waals surface area contributed by atoms with Crippen molar-refractivity contribution in [3.63, 3.8) is 0 Å². The van der Waals surface area contributed by atoms with Gasteiger partial charge in [-0.15, -0.1) is 0 Å². The predicted octanol–water partition coefficient (Wildman–Crippen LogP) is 1.24. The van der Waals surface area contributed by atoms with E-state index in [-0.39, 0.29) is 11.7 Å². The van der Waals surface area contributed by atoms with E-state index >= 15 is 0 Å². The fourth-order valence-corrected chi connectivity index (χ4v) is 1.46. The lowest BCUT2D eigenvalue weighted by molar-refractivity contribution is 0.516. The number of anilines is 3. The average molecular weight is 285 g/mol. The summed E-state index contributed by atoms with van der Waals surface area (Å²) in [6, 6.07) is 7.30. The number of nitrogens with zero attached hydrogens (tertiary/aromatic N) is 1. The molecule has 0 amide bonds. The molecule has 1 aromatic carbocycles. The van der Waals surface area contributed by atoms with E-state index < -0.39 is 5.76 Å². The van der Waals surface area contributed by atoms with Crippen LogP contribution in [-0.2, 0) is 0 Å². The molecule has 0 saturated carbocycles. The van der Waals surface area contributed by atoms with Gasteiger partial charge in [-0.05, 0) is 24.3 Å². The number of oxazole rings is 1. The van der Waals surface area contributed by atoms with Gasteiger partial charge < -0.3 is 21.3 Å². The summed E-state index contributed by atoms with van der Waals surface area (Å²) >= 11 is 3.31. The van der Waals surface area contributed by atoms with Gasteiger partial charge in [-0.1, -0.05) is 15.9 Å². The SMILES string of the molecule is Nc1oc(=O)n(N)c1Nc1ccc(Br)cc1.